The van der Waals surface area contributed by atoms with Gasteiger partial charge in [-0.15, -0.1) is 0 Å². The van der Waals surface area contributed by atoms with E-state index in [1.807, 2.05) is 4.68 Å². The Balaban J connectivity index is 1.43. The van der Waals surface area contributed by atoms with Gasteiger partial charge in [0.1, 0.15) is 0 Å². The summed E-state index contributed by atoms with van der Waals surface area (Å²) in [6.45, 7) is 4.96. The predicted octanol–water partition coefficient (Wildman–Crippen LogP) is 6.25. The summed E-state index contributed by atoms with van der Waals surface area (Å²) in [6.07, 6.45) is 3.92. The molecule has 1 saturated carbocycles. The molecule has 2 N–H and O–H groups in total. The molecule has 0 radical (unpaired) electrons. The van der Waals surface area contributed by atoms with Gasteiger partial charge in [-0.2, -0.15) is 0 Å². The monoisotopic (exact) mass is 392 g/mol. The highest BCUT2D eigenvalue weighted by Crippen LogP contribution is 2.62. The summed E-state index contributed by atoms with van der Waals surface area (Å²) in [6, 6.07) is 22.7. The number of aromatic nitrogens is 1. The van der Waals surface area contributed by atoms with E-state index >= 15 is 0 Å². The SMILES string of the molecule is CC1(C)c2cc3c(cc2C2CC4c5ccccc5CC4CC21)c1ccccc1n3N. The molecule has 30 heavy (non-hydrogen) atoms. The quantitative estimate of drug-likeness (QED) is 0.352. The van der Waals surface area contributed by atoms with Crippen molar-refractivity contribution in [3.05, 3.63) is 82.9 Å². The number of fused-ring (bicyclic) bond motifs is 9. The van der Waals surface area contributed by atoms with Crippen LogP contribution < -0.4 is 5.84 Å². The van der Waals surface area contributed by atoms with Crippen LogP contribution in [-0.4, -0.2) is 4.68 Å². The average Bonchev–Trinajstić information content (AvgIpc) is 3.34. The molecule has 0 aliphatic heterocycles. The van der Waals surface area contributed by atoms with Crippen molar-refractivity contribution in [1.82, 2.24) is 4.68 Å². The topological polar surface area (TPSA) is 30.9 Å². The summed E-state index contributed by atoms with van der Waals surface area (Å²) in [7, 11) is 0. The standard InChI is InChI=1S/C28H28N2/c1-28(2)24-12-17-11-16-7-3-4-8-18(16)20(17)13-21(24)22-14-23-19-9-5-6-10-26(19)30(29)27(23)15-25(22)28/h3-10,14-15,17,20-21,24H,11-13,29H2,1-2H3. The molecule has 1 fully saturated rings. The molecule has 3 aromatic carbocycles. The highest BCUT2D eigenvalue weighted by Gasteiger charge is 2.52. The zero-order valence-corrected chi connectivity index (χ0v) is 17.7. The Morgan fingerprint density at radius 3 is 2.53 bits per heavy atom. The molecule has 4 aromatic rings. The predicted molar refractivity (Wildman–Crippen MR) is 124 cm³/mol. The smallest absolute Gasteiger partial charge is 0.0706 e. The van der Waals surface area contributed by atoms with E-state index in [2.05, 4.69) is 74.5 Å². The second-order valence-electron chi connectivity index (χ2n) is 10.5. The van der Waals surface area contributed by atoms with E-state index in [0.29, 0.717) is 5.92 Å². The molecule has 4 unspecified atom stereocenters. The lowest BCUT2D eigenvalue weighted by Crippen LogP contribution is -2.33. The highest BCUT2D eigenvalue weighted by atomic mass is 15.3. The zero-order valence-electron chi connectivity index (χ0n) is 17.7. The first kappa shape index (κ1) is 17.0. The molecule has 2 heteroatoms. The first-order valence-corrected chi connectivity index (χ1v) is 11.4. The van der Waals surface area contributed by atoms with Crippen molar-refractivity contribution >= 4 is 21.8 Å². The van der Waals surface area contributed by atoms with E-state index in [4.69, 9.17) is 5.84 Å². The third kappa shape index (κ3) is 1.95. The first-order chi connectivity index (χ1) is 14.5. The van der Waals surface area contributed by atoms with Gasteiger partial charge in [0.15, 0.2) is 0 Å². The van der Waals surface area contributed by atoms with Crippen LogP contribution in [0.25, 0.3) is 21.8 Å². The molecule has 0 spiro atoms. The van der Waals surface area contributed by atoms with Gasteiger partial charge in [0.25, 0.3) is 0 Å². The van der Waals surface area contributed by atoms with Crippen LogP contribution in [-0.2, 0) is 11.8 Å². The Hall–Kier alpha value is -2.74. The van der Waals surface area contributed by atoms with Gasteiger partial charge >= 0.3 is 0 Å². The van der Waals surface area contributed by atoms with Crippen LogP contribution in [0, 0.1) is 11.8 Å². The van der Waals surface area contributed by atoms with E-state index in [1.54, 1.807) is 16.7 Å². The normalized spacial score (nSPS) is 28.3. The van der Waals surface area contributed by atoms with Crippen molar-refractivity contribution < 1.29 is 0 Å². The third-order valence-corrected chi connectivity index (χ3v) is 8.96. The number of hydrogen-bond donors (Lipinski definition) is 1. The van der Waals surface area contributed by atoms with E-state index in [-0.39, 0.29) is 5.41 Å². The van der Waals surface area contributed by atoms with Crippen LogP contribution in [0.15, 0.2) is 60.7 Å². The Morgan fingerprint density at radius 2 is 1.63 bits per heavy atom. The van der Waals surface area contributed by atoms with Crippen molar-refractivity contribution in [2.75, 3.05) is 5.84 Å². The van der Waals surface area contributed by atoms with Gasteiger partial charge in [0.05, 0.1) is 11.0 Å². The molecule has 4 atom stereocenters. The van der Waals surface area contributed by atoms with Crippen molar-refractivity contribution in [3.63, 3.8) is 0 Å². The Kier molecular flexibility index (Phi) is 3.11. The molecule has 0 saturated heterocycles. The first-order valence-electron chi connectivity index (χ1n) is 11.4. The van der Waals surface area contributed by atoms with Crippen molar-refractivity contribution in [1.29, 1.82) is 0 Å². The van der Waals surface area contributed by atoms with Gasteiger partial charge < -0.3 is 5.84 Å². The molecular weight excluding hydrogens is 364 g/mol. The van der Waals surface area contributed by atoms with Crippen molar-refractivity contribution in [2.24, 2.45) is 11.8 Å². The summed E-state index contributed by atoms with van der Waals surface area (Å²) >= 11 is 0. The molecule has 7 rings (SSSR count). The number of nitrogens with zero attached hydrogens (tertiary/aromatic N) is 1. The largest absolute Gasteiger partial charge is 0.339 e. The molecule has 1 heterocycles. The van der Waals surface area contributed by atoms with Gasteiger partial charge in [-0.05, 0) is 88.8 Å². The van der Waals surface area contributed by atoms with Crippen LogP contribution >= 0.6 is 0 Å². The molecule has 0 amide bonds. The van der Waals surface area contributed by atoms with Gasteiger partial charge in [-0.3, -0.25) is 4.68 Å². The number of benzene rings is 3. The van der Waals surface area contributed by atoms with E-state index in [9.17, 15) is 0 Å². The fourth-order valence-corrected chi connectivity index (χ4v) is 7.52. The Labute approximate surface area is 177 Å². The molecule has 0 bridgehead atoms. The molecule has 2 nitrogen and oxygen atoms in total. The van der Waals surface area contributed by atoms with E-state index in [0.717, 1.165) is 23.3 Å². The maximum absolute atomic E-state index is 6.55. The molecular formula is C28H28N2. The second-order valence-corrected chi connectivity index (χ2v) is 10.5. The number of hydrogen-bond acceptors (Lipinski definition) is 1. The lowest BCUT2D eigenvalue weighted by atomic mass is 9.63. The number of rotatable bonds is 0. The maximum atomic E-state index is 6.55. The maximum Gasteiger partial charge on any atom is 0.0706 e. The highest BCUT2D eigenvalue weighted by molar-refractivity contribution is 6.08. The summed E-state index contributed by atoms with van der Waals surface area (Å²) < 4.78 is 1.90. The molecule has 1 aromatic heterocycles. The van der Waals surface area contributed by atoms with Gasteiger partial charge in [0.2, 0.25) is 0 Å². The van der Waals surface area contributed by atoms with Gasteiger partial charge in [-0.25, -0.2) is 0 Å². The minimum atomic E-state index is 0.199. The third-order valence-electron chi connectivity index (χ3n) is 8.96. The molecule has 3 aliphatic rings. The van der Waals surface area contributed by atoms with Crippen LogP contribution in [0.2, 0.25) is 0 Å². The van der Waals surface area contributed by atoms with E-state index < -0.39 is 0 Å². The minimum absolute atomic E-state index is 0.199. The zero-order chi connectivity index (χ0) is 20.2. The van der Waals surface area contributed by atoms with Gasteiger partial charge in [-0.1, -0.05) is 56.3 Å². The van der Waals surface area contributed by atoms with Crippen molar-refractivity contribution in [2.45, 2.75) is 50.4 Å². The summed E-state index contributed by atoms with van der Waals surface area (Å²) in [5, 5.41) is 2.59. The van der Waals surface area contributed by atoms with Crippen LogP contribution in [0.5, 0.6) is 0 Å². The fraction of sp³-hybridized carbons (Fsp3) is 0.357. The van der Waals surface area contributed by atoms with Crippen LogP contribution in [0.4, 0.5) is 0 Å². The summed E-state index contributed by atoms with van der Waals surface area (Å²) in [5.74, 6) is 9.48. The lowest BCUT2D eigenvalue weighted by molar-refractivity contribution is 0.167. The van der Waals surface area contributed by atoms with E-state index in [1.165, 1.54) is 41.1 Å². The Morgan fingerprint density at radius 1 is 0.833 bits per heavy atom. The molecule has 150 valence electrons. The number of para-hydroxylation sites is 1. The minimum Gasteiger partial charge on any atom is -0.339 e. The number of nitrogens with two attached hydrogens (primary N) is 1. The summed E-state index contributed by atoms with van der Waals surface area (Å²) in [5.41, 5.74) is 8.86. The van der Waals surface area contributed by atoms with Crippen LogP contribution in [0.1, 0.15) is 60.8 Å². The Bertz CT molecular complexity index is 1340. The molecule has 3 aliphatic carbocycles. The second kappa shape index (κ2) is 5.49. The summed E-state index contributed by atoms with van der Waals surface area (Å²) in [4.78, 5) is 0. The van der Waals surface area contributed by atoms with Gasteiger partial charge in [0, 0.05) is 10.8 Å². The number of nitrogen functional groups attached to an aromatic ring is 1. The average molecular weight is 393 g/mol. The fourth-order valence-electron chi connectivity index (χ4n) is 7.52. The lowest BCUT2D eigenvalue weighted by Gasteiger charge is -2.41. The van der Waals surface area contributed by atoms with Crippen LogP contribution in [0.3, 0.4) is 0 Å². The van der Waals surface area contributed by atoms with Crippen molar-refractivity contribution in [3.8, 4) is 0 Å².